The number of aryl methyl sites for hydroxylation is 2. The van der Waals surface area contributed by atoms with Gasteiger partial charge in [-0.2, -0.15) is 0 Å². The molecule has 1 fully saturated rings. The van der Waals surface area contributed by atoms with Crippen LogP contribution in [0.25, 0.3) is 0 Å². The smallest absolute Gasteiger partial charge is 0.238 e. The molecule has 2 aliphatic rings. The maximum atomic E-state index is 14.0. The number of amides is 1. The Morgan fingerprint density at radius 1 is 0.935 bits per heavy atom. The fourth-order valence-electron chi connectivity index (χ4n) is 5.63. The molecule has 2 aliphatic carbocycles. The van der Waals surface area contributed by atoms with E-state index in [0.29, 0.717) is 6.54 Å². The molecule has 0 radical (unpaired) electrons. The second kappa shape index (κ2) is 15.1. The number of sulfonamides is 1. The third-order valence-electron chi connectivity index (χ3n) is 8.37. The number of allylic oxidation sites excluding steroid dienone is 2. The maximum Gasteiger partial charge on any atom is 0.238 e. The number of halogens is 2. The van der Waals surface area contributed by atoms with Gasteiger partial charge < -0.3 is 4.90 Å². The zero-order valence-electron chi connectivity index (χ0n) is 27.2. The predicted molar refractivity (Wildman–Crippen MR) is 181 cm³/mol. The number of rotatable bonds is 9. The summed E-state index contributed by atoms with van der Waals surface area (Å²) in [6, 6.07) is 17.4. The van der Waals surface area contributed by atoms with Gasteiger partial charge in [0.25, 0.3) is 0 Å². The first-order valence-electron chi connectivity index (χ1n) is 15.6. The van der Waals surface area contributed by atoms with Crippen LogP contribution >= 0.6 is 0 Å². The SMILES string of the molecule is CC/C(C)=C/C(CN(C(=O)C1CC1c1ccc(F)cc1)c1ccc2c(c1)CCC2)=C(/C)N=C(C)C.NS(=O)(=O)c1ccc(F)cc1. The Kier molecular flexibility index (Phi) is 11.5. The van der Waals surface area contributed by atoms with Gasteiger partial charge in [-0.05, 0) is 137 Å². The number of benzene rings is 3. The quantitative estimate of drug-likeness (QED) is 0.188. The first kappa shape index (κ1) is 34.9. The summed E-state index contributed by atoms with van der Waals surface area (Å²) in [4.78, 5) is 20.6. The van der Waals surface area contributed by atoms with Crippen molar-refractivity contribution in [2.75, 3.05) is 11.4 Å². The van der Waals surface area contributed by atoms with E-state index in [9.17, 15) is 22.0 Å². The minimum Gasteiger partial charge on any atom is -0.308 e. The second-order valence-electron chi connectivity index (χ2n) is 12.2. The average molecular weight is 648 g/mol. The van der Waals surface area contributed by atoms with Gasteiger partial charge in [0.1, 0.15) is 11.6 Å². The van der Waals surface area contributed by atoms with Crippen LogP contribution in [0.4, 0.5) is 14.5 Å². The minimum atomic E-state index is -3.69. The number of nitrogens with zero attached hydrogens (tertiary/aromatic N) is 2. The molecule has 3 aromatic rings. The molecule has 2 N–H and O–H groups in total. The Balaban J connectivity index is 0.000000369. The molecule has 244 valence electrons. The van der Waals surface area contributed by atoms with Crippen molar-refractivity contribution < 1.29 is 22.0 Å². The Morgan fingerprint density at radius 3 is 2.13 bits per heavy atom. The lowest BCUT2D eigenvalue weighted by molar-refractivity contribution is -0.119. The van der Waals surface area contributed by atoms with Crippen molar-refractivity contribution in [3.8, 4) is 0 Å². The number of aliphatic imine (C=N–C) groups is 1. The number of nitrogens with two attached hydrogens (primary N) is 1. The Hall–Kier alpha value is -3.95. The topological polar surface area (TPSA) is 92.8 Å². The van der Waals surface area contributed by atoms with Crippen molar-refractivity contribution >= 4 is 27.3 Å². The summed E-state index contributed by atoms with van der Waals surface area (Å²) in [5.74, 6) is -0.521. The van der Waals surface area contributed by atoms with E-state index in [1.807, 2.05) is 37.8 Å². The minimum absolute atomic E-state index is 0.0806. The van der Waals surface area contributed by atoms with Crippen molar-refractivity contribution in [3.05, 3.63) is 118 Å². The second-order valence-corrected chi connectivity index (χ2v) is 13.8. The monoisotopic (exact) mass is 647 g/mol. The van der Waals surface area contributed by atoms with Crippen LogP contribution in [0, 0.1) is 17.6 Å². The fourth-order valence-corrected chi connectivity index (χ4v) is 6.15. The number of fused-ring (bicyclic) bond motifs is 1. The average Bonchev–Trinajstić information content (AvgIpc) is 3.67. The lowest BCUT2D eigenvalue weighted by Crippen LogP contribution is -2.34. The van der Waals surface area contributed by atoms with E-state index in [2.05, 4.69) is 38.1 Å². The summed E-state index contributed by atoms with van der Waals surface area (Å²) >= 11 is 0. The molecule has 0 saturated heterocycles. The van der Waals surface area contributed by atoms with E-state index in [1.54, 1.807) is 0 Å². The number of hydrogen-bond donors (Lipinski definition) is 1. The first-order valence-corrected chi connectivity index (χ1v) is 17.2. The predicted octanol–water partition coefficient (Wildman–Crippen LogP) is 8.04. The van der Waals surface area contributed by atoms with Gasteiger partial charge in [0.15, 0.2) is 0 Å². The lowest BCUT2D eigenvalue weighted by atomic mass is 10.0. The van der Waals surface area contributed by atoms with E-state index in [-0.39, 0.29) is 28.5 Å². The van der Waals surface area contributed by atoms with E-state index in [4.69, 9.17) is 10.1 Å². The normalized spacial score (nSPS) is 17.7. The summed E-state index contributed by atoms with van der Waals surface area (Å²) in [7, 11) is -3.69. The molecular weight excluding hydrogens is 604 g/mol. The highest BCUT2D eigenvalue weighted by Crippen LogP contribution is 2.49. The van der Waals surface area contributed by atoms with Crippen LogP contribution in [0.5, 0.6) is 0 Å². The molecule has 0 aromatic heterocycles. The van der Waals surface area contributed by atoms with Gasteiger partial charge in [-0.15, -0.1) is 0 Å². The molecule has 1 saturated carbocycles. The highest BCUT2D eigenvalue weighted by atomic mass is 32.2. The van der Waals surface area contributed by atoms with Crippen molar-refractivity contribution in [2.24, 2.45) is 16.0 Å². The molecule has 2 atom stereocenters. The van der Waals surface area contributed by atoms with Gasteiger partial charge >= 0.3 is 0 Å². The molecule has 0 spiro atoms. The van der Waals surface area contributed by atoms with Crippen molar-refractivity contribution in [1.29, 1.82) is 0 Å². The van der Waals surface area contributed by atoms with Crippen LogP contribution < -0.4 is 10.0 Å². The number of hydrogen-bond acceptors (Lipinski definition) is 4. The standard InChI is InChI=1S/C31H37FN2O.C6H6FNO2S/c1-6-21(4)16-26(22(5)33-20(2)3)19-34(28-15-12-23-8-7-9-25(23)17-28)31(35)30-18-29(30)24-10-13-27(32)14-11-24;7-5-1-3-6(4-2-5)11(8,9)10/h10-17,29-30H,6-9,18-19H2,1-5H3;1-4H,(H2,8,9,10)/b21-16+,26-22+;. The molecule has 9 heteroatoms. The zero-order chi connectivity index (χ0) is 33.6. The van der Waals surface area contributed by atoms with Gasteiger partial charge in [-0.25, -0.2) is 22.3 Å². The molecule has 5 rings (SSSR count). The van der Waals surface area contributed by atoms with Gasteiger partial charge in [0, 0.05) is 23.0 Å². The largest absolute Gasteiger partial charge is 0.308 e. The Labute approximate surface area is 271 Å². The molecule has 1 amide bonds. The number of primary sulfonamides is 1. The number of carbonyl (C=O) groups excluding carboxylic acids is 1. The van der Waals surface area contributed by atoms with Crippen LogP contribution in [0.2, 0.25) is 0 Å². The van der Waals surface area contributed by atoms with Crippen molar-refractivity contribution in [3.63, 3.8) is 0 Å². The lowest BCUT2D eigenvalue weighted by Gasteiger charge is -2.25. The third-order valence-corrected chi connectivity index (χ3v) is 9.30. The third kappa shape index (κ3) is 9.30. The first-order chi connectivity index (χ1) is 21.8. The number of anilines is 1. The van der Waals surface area contributed by atoms with Crippen LogP contribution in [-0.2, 0) is 27.7 Å². The molecule has 3 aromatic carbocycles. The molecule has 2 unspecified atom stereocenters. The summed E-state index contributed by atoms with van der Waals surface area (Å²) < 4.78 is 46.9. The van der Waals surface area contributed by atoms with Gasteiger partial charge in [0.05, 0.1) is 11.4 Å². The Morgan fingerprint density at radius 2 is 1.54 bits per heavy atom. The van der Waals surface area contributed by atoms with Gasteiger partial charge in [0.2, 0.25) is 15.9 Å². The summed E-state index contributed by atoms with van der Waals surface area (Å²) in [5.41, 5.74) is 9.04. The summed E-state index contributed by atoms with van der Waals surface area (Å²) in [5, 5.41) is 4.76. The Bertz CT molecular complexity index is 1760. The number of carbonyl (C=O) groups is 1. The van der Waals surface area contributed by atoms with Crippen LogP contribution in [0.3, 0.4) is 0 Å². The molecule has 0 heterocycles. The van der Waals surface area contributed by atoms with Crippen molar-refractivity contribution in [2.45, 2.75) is 77.5 Å². The van der Waals surface area contributed by atoms with Gasteiger partial charge in [-0.1, -0.05) is 36.8 Å². The summed E-state index contributed by atoms with van der Waals surface area (Å²) in [6.07, 6.45) is 7.32. The highest BCUT2D eigenvalue weighted by Gasteiger charge is 2.46. The van der Waals surface area contributed by atoms with Crippen LogP contribution in [-0.4, -0.2) is 26.6 Å². The van der Waals surface area contributed by atoms with Crippen molar-refractivity contribution in [1.82, 2.24) is 0 Å². The fraction of sp³-hybridized carbons (Fsp3) is 0.351. The zero-order valence-corrected chi connectivity index (χ0v) is 28.0. The van der Waals surface area contributed by atoms with E-state index < -0.39 is 15.8 Å². The van der Waals surface area contributed by atoms with Crippen LogP contribution in [0.15, 0.2) is 99.5 Å². The molecule has 46 heavy (non-hydrogen) atoms. The molecule has 0 aliphatic heterocycles. The molecular formula is C37H43F2N3O3S. The molecule has 0 bridgehead atoms. The van der Waals surface area contributed by atoms with Crippen LogP contribution in [0.1, 0.15) is 76.5 Å². The van der Waals surface area contributed by atoms with E-state index in [1.165, 1.54) is 35.3 Å². The summed E-state index contributed by atoms with van der Waals surface area (Å²) in [6.45, 7) is 10.8. The maximum absolute atomic E-state index is 14.0. The van der Waals surface area contributed by atoms with E-state index in [0.717, 1.165) is 78.2 Å². The highest BCUT2D eigenvalue weighted by molar-refractivity contribution is 7.89. The molecule has 6 nitrogen and oxygen atoms in total. The van der Waals surface area contributed by atoms with E-state index >= 15 is 0 Å². The van der Waals surface area contributed by atoms with Gasteiger partial charge in [-0.3, -0.25) is 9.79 Å².